The Kier molecular flexibility index (Phi) is 15.3. The summed E-state index contributed by atoms with van der Waals surface area (Å²) in [7, 11) is -1.72. The van der Waals surface area contributed by atoms with Gasteiger partial charge < -0.3 is 19.4 Å². The van der Waals surface area contributed by atoms with Crippen LogP contribution in [-0.4, -0.2) is 35.5 Å². The maximum atomic E-state index is 8.94. The van der Waals surface area contributed by atoms with Crippen LogP contribution in [0.1, 0.15) is 27.7 Å². The molecule has 368 valence electrons. The van der Waals surface area contributed by atoms with Crippen LogP contribution in [0.3, 0.4) is 0 Å². The van der Waals surface area contributed by atoms with Gasteiger partial charge in [-0.2, -0.15) is 0 Å². The van der Waals surface area contributed by atoms with Crippen LogP contribution in [0, 0.1) is 0 Å². The fourth-order valence-electron chi connectivity index (χ4n) is 9.26. The first kappa shape index (κ1) is 51.7. The molecule has 12 aromatic rings. The van der Waals surface area contributed by atoms with E-state index in [0.717, 1.165) is 36.1 Å². The molecule has 0 aromatic heterocycles. The molecular weight excluding hydrogens is 1030 g/mol. The summed E-state index contributed by atoms with van der Waals surface area (Å²) in [5, 5.41) is 33.8. The van der Waals surface area contributed by atoms with Crippen LogP contribution in [0.25, 0.3) is 86.9 Å². The minimum absolute atomic E-state index is 0.334. The molecule has 0 unspecified atom stereocenters. The minimum Gasteiger partial charge on any atom is -0.423 e. The first-order valence-corrected chi connectivity index (χ1v) is 26.5. The zero-order valence-electron chi connectivity index (χ0n) is 42.0. The number of rotatable bonds is 4. The fourth-order valence-corrected chi connectivity index (χ4v) is 10.0. The lowest BCUT2D eigenvalue weighted by atomic mass is 9.78. The van der Waals surface area contributed by atoms with Crippen molar-refractivity contribution in [3.05, 3.63) is 251 Å². The SMILES string of the molecule is CC1(C)OB(c2ccc3ccc(-c4ccc5ccccc5c4)cc3c2)OC1(C)C.Clc1ccc2ccc(-c3ccc4ccccc4c3)cc2c1.Clc1ccc2ccc(Br)cc2c1.OB(O)c1ccc2ccccc2c1. The summed E-state index contributed by atoms with van der Waals surface area (Å²) in [6.07, 6.45) is 0. The van der Waals surface area contributed by atoms with Crippen molar-refractivity contribution in [1.82, 2.24) is 0 Å². The molecule has 1 heterocycles. The summed E-state index contributed by atoms with van der Waals surface area (Å²) in [6.45, 7) is 8.36. The van der Waals surface area contributed by atoms with Gasteiger partial charge in [0, 0.05) is 14.5 Å². The van der Waals surface area contributed by atoms with E-state index in [-0.39, 0.29) is 18.3 Å². The molecule has 0 atom stereocenters. The Morgan fingerprint density at radius 3 is 1.15 bits per heavy atom. The number of fused-ring (bicyclic) bond motifs is 6. The van der Waals surface area contributed by atoms with Gasteiger partial charge in [-0.15, -0.1) is 0 Å². The molecule has 1 aliphatic rings. The van der Waals surface area contributed by atoms with Crippen molar-refractivity contribution in [3.63, 3.8) is 0 Å². The predicted octanol–water partition coefficient (Wildman–Crippen LogP) is 17.0. The average molecular weight is 1080 g/mol. The second-order valence-corrected chi connectivity index (χ2v) is 21.6. The van der Waals surface area contributed by atoms with Crippen molar-refractivity contribution < 1.29 is 19.4 Å². The van der Waals surface area contributed by atoms with E-state index in [0.29, 0.717) is 5.46 Å². The van der Waals surface area contributed by atoms with E-state index in [1.807, 2.05) is 66.7 Å². The molecule has 0 saturated carbocycles. The first-order valence-electron chi connectivity index (χ1n) is 24.9. The summed E-state index contributed by atoms with van der Waals surface area (Å²) < 4.78 is 13.6. The number of hydrogen-bond donors (Lipinski definition) is 2. The Labute approximate surface area is 457 Å². The highest BCUT2D eigenvalue weighted by atomic mass is 79.9. The maximum absolute atomic E-state index is 8.94. The topological polar surface area (TPSA) is 58.9 Å². The molecule has 2 N–H and O–H groups in total. The van der Waals surface area contributed by atoms with Crippen LogP contribution in [0.15, 0.2) is 241 Å². The zero-order valence-corrected chi connectivity index (χ0v) is 45.1. The highest BCUT2D eigenvalue weighted by Crippen LogP contribution is 2.37. The van der Waals surface area contributed by atoms with Crippen molar-refractivity contribution >= 4 is 129 Å². The summed E-state index contributed by atoms with van der Waals surface area (Å²) >= 11 is 15.4. The van der Waals surface area contributed by atoms with Gasteiger partial charge >= 0.3 is 14.2 Å². The molecule has 0 radical (unpaired) electrons. The summed E-state index contributed by atoms with van der Waals surface area (Å²) in [6, 6.07) is 81.0. The van der Waals surface area contributed by atoms with Gasteiger partial charge in [-0.1, -0.05) is 215 Å². The van der Waals surface area contributed by atoms with E-state index in [2.05, 4.69) is 201 Å². The molecule has 0 amide bonds. The second kappa shape index (κ2) is 22.2. The Morgan fingerprint density at radius 1 is 0.360 bits per heavy atom. The molecular formula is C66H53B2BrCl2O4. The molecule has 0 spiro atoms. The van der Waals surface area contributed by atoms with E-state index < -0.39 is 7.12 Å². The maximum Gasteiger partial charge on any atom is 0.494 e. The molecule has 1 aliphatic heterocycles. The van der Waals surface area contributed by atoms with Crippen molar-refractivity contribution in [3.8, 4) is 22.3 Å². The lowest BCUT2D eigenvalue weighted by molar-refractivity contribution is 0.00578. The molecule has 12 aromatic carbocycles. The third-order valence-corrected chi connectivity index (χ3v) is 15.2. The third-order valence-electron chi connectivity index (χ3n) is 14.2. The monoisotopic (exact) mass is 1080 g/mol. The fraction of sp³-hybridized carbons (Fsp3) is 0.0909. The van der Waals surface area contributed by atoms with Gasteiger partial charge in [-0.25, -0.2) is 0 Å². The summed E-state index contributed by atoms with van der Waals surface area (Å²) in [5.41, 5.74) is 5.82. The smallest absolute Gasteiger partial charge is 0.423 e. The van der Waals surface area contributed by atoms with Gasteiger partial charge in [0.2, 0.25) is 0 Å². The Balaban J connectivity index is 0.000000122. The lowest BCUT2D eigenvalue weighted by Gasteiger charge is -2.32. The van der Waals surface area contributed by atoms with Crippen LogP contribution >= 0.6 is 39.1 Å². The van der Waals surface area contributed by atoms with E-state index in [1.54, 1.807) is 12.1 Å². The lowest BCUT2D eigenvalue weighted by Crippen LogP contribution is -2.41. The van der Waals surface area contributed by atoms with Gasteiger partial charge in [0.1, 0.15) is 0 Å². The van der Waals surface area contributed by atoms with Gasteiger partial charge in [0.25, 0.3) is 0 Å². The van der Waals surface area contributed by atoms with Gasteiger partial charge in [-0.3, -0.25) is 0 Å². The van der Waals surface area contributed by atoms with Crippen LogP contribution in [0.5, 0.6) is 0 Å². The summed E-state index contributed by atoms with van der Waals surface area (Å²) in [5.74, 6) is 0. The van der Waals surface area contributed by atoms with Crippen LogP contribution in [0.2, 0.25) is 10.0 Å². The standard InChI is InChI=1S/C26H25BO2.C20H13Cl.C10H9BO2.C10H6BrCl/c1-25(2)26(3,4)29-27(28-25)24-14-13-19-10-12-22(16-23(19)17-24)21-11-9-18-7-5-6-8-20(18)15-21;21-20-10-9-15-6-8-18(12-19(15)13-20)17-7-5-14-3-1-2-4-16(14)11-17;12-11(13)10-6-5-8-3-1-2-4-9(8)7-10;11-9-3-1-7-2-4-10(12)6-8(7)5-9/h5-17H,1-4H3;1-13H;1-7,12-13H;1-6H. The molecule has 75 heavy (non-hydrogen) atoms. The van der Waals surface area contributed by atoms with Crippen molar-refractivity contribution in [2.24, 2.45) is 0 Å². The van der Waals surface area contributed by atoms with Crippen LogP contribution in [0.4, 0.5) is 0 Å². The van der Waals surface area contributed by atoms with E-state index in [9.17, 15) is 0 Å². The van der Waals surface area contributed by atoms with Crippen LogP contribution < -0.4 is 10.9 Å². The average Bonchev–Trinajstić information content (AvgIpc) is 3.65. The second-order valence-electron chi connectivity index (χ2n) is 19.9. The van der Waals surface area contributed by atoms with E-state index in [1.165, 1.54) is 70.7 Å². The predicted molar refractivity (Wildman–Crippen MR) is 325 cm³/mol. The molecule has 1 fully saturated rings. The number of halogens is 3. The van der Waals surface area contributed by atoms with Crippen LogP contribution in [-0.2, 0) is 9.31 Å². The Hall–Kier alpha value is -6.77. The normalized spacial score (nSPS) is 13.5. The van der Waals surface area contributed by atoms with E-state index in [4.69, 9.17) is 42.6 Å². The highest BCUT2D eigenvalue weighted by Gasteiger charge is 2.51. The quantitative estimate of drug-likeness (QED) is 0.172. The molecule has 0 aliphatic carbocycles. The zero-order chi connectivity index (χ0) is 52.3. The van der Waals surface area contributed by atoms with Gasteiger partial charge in [0.05, 0.1) is 11.2 Å². The largest absolute Gasteiger partial charge is 0.494 e. The van der Waals surface area contributed by atoms with Crippen molar-refractivity contribution in [2.75, 3.05) is 0 Å². The summed E-state index contributed by atoms with van der Waals surface area (Å²) in [4.78, 5) is 0. The molecule has 13 rings (SSSR count). The minimum atomic E-state index is -1.38. The first-order chi connectivity index (χ1) is 36.1. The third kappa shape index (κ3) is 12.0. The molecule has 4 nitrogen and oxygen atoms in total. The molecule has 1 saturated heterocycles. The van der Waals surface area contributed by atoms with E-state index >= 15 is 0 Å². The van der Waals surface area contributed by atoms with Crippen molar-refractivity contribution in [1.29, 1.82) is 0 Å². The number of benzene rings is 12. The Bertz CT molecular complexity index is 3980. The van der Waals surface area contributed by atoms with Gasteiger partial charge in [-0.05, 0) is 186 Å². The van der Waals surface area contributed by atoms with Gasteiger partial charge in [0.15, 0.2) is 0 Å². The molecule has 9 heteroatoms. The Morgan fingerprint density at radius 2 is 0.693 bits per heavy atom. The van der Waals surface area contributed by atoms with Crippen molar-refractivity contribution in [2.45, 2.75) is 38.9 Å². The molecule has 0 bridgehead atoms. The number of hydrogen-bond acceptors (Lipinski definition) is 4. The highest BCUT2D eigenvalue weighted by molar-refractivity contribution is 9.10.